The Bertz CT molecular complexity index is 779. The molecule has 0 unspecified atom stereocenters. The minimum Gasteiger partial charge on any atom is -0.496 e. The highest BCUT2D eigenvalue weighted by Gasteiger charge is 2.27. The minimum absolute atomic E-state index is 0.0734. The molecule has 0 radical (unpaired) electrons. The van der Waals surface area contributed by atoms with Crippen molar-refractivity contribution in [2.75, 3.05) is 39.2 Å². The minimum atomic E-state index is -0.211. The molecule has 1 saturated heterocycles. The summed E-state index contributed by atoms with van der Waals surface area (Å²) >= 11 is 0. The van der Waals surface area contributed by atoms with Crippen LogP contribution in [0, 0.1) is 6.92 Å². The summed E-state index contributed by atoms with van der Waals surface area (Å²) in [4.78, 5) is 19.2. The number of carbonyl (C=O) groups excluding carboxylic acids is 1. The lowest BCUT2D eigenvalue weighted by Gasteiger charge is -2.33. The molecule has 6 nitrogen and oxygen atoms in total. The van der Waals surface area contributed by atoms with Crippen molar-refractivity contribution in [3.05, 3.63) is 53.3 Å². The number of aromatic nitrogens is 1. The summed E-state index contributed by atoms with van der Waals surface area (Å²) in [6.07, 6.45) is 0.108. The van der Waals surface area contributed by atoms with Crippen LogP contribution in [0.4, 0.5) is 5.69 Å². The van der Waals surface area contributed by atoms with E-state index in [0.717, 1.165) is 28.4 Å². The summed E-state index contributed by atoms with van der Waals surface area (Å²) in [5, 5.41) is 3.14. The van der Waals surface area contributed by atoms with Crippen LogP contribution in [0.5, 0.6) is 5.75 Å². The maximum absolute atomic E-state index is 12.8. The van der Waals surface area contributed by atoms with Gasteiger partial charge in [-0.25, -0.2) is 0 Å². The van der Waals surface area contributed by atoms with Crippen LogP contribution in [-0.2, 0) is 16.0 Å². The lowest BCUT2D eigenvalue weighted by molar-refractivity contribution is -0.138. The van der Waals surface area contributed by atoms with Gasteiger partial charge < -0.3 is 19.7 Å². The number of hydrogen-bond acceptors (Lipinski definition) is 5. The van der Waals surface area contributed by atoms with Gasteiger partial charge in [0.05, 0.1) is 32.4 Å². The molecule has 1 atom stereocenters. The SMILES string of the molecule is CNc1cc(C)nc([C@@H]2CN(C(=O)Cc3ccccc3OC)CCO2)c1. The molecular formula is C20H25N3O3. The number of amides is 1. The van der Waals surface area contributed by atoms with E-state index in [1.165, 1.54) is 0 Å². The quantitative estimate of drug-likeness (QED) is 0.893. The molecule has 138 valence electrons. The van der Waals surface area contributed by atoms with E-state index in [2.05, 4.69) is 10.3 Å². The largest absolute Gasteiger partial charge is 0.496 e. The Kier molecular flexibility index (Phi) is 5.73. The van der Waals surface area contributed by atoms with E-state index in [1.807, 2.05) is 55.3 Å². The molecule has 2 aromatic rings. The first-order valence-electron chi connectivity index (χ1n) is 8.78. The molecule has 1 N–H and O–H groups in total. The van der Waals surface area contributed by atoms with E-state index >= 15 is 0 Å². The first kappa shape index (κ1) is 18.2. The van der Waals surface area contributed by atoms with Crippen LogP contribution in [0.3, 0.4) is 0 Å². The third-order valence-corrected chi connectivity index (χ3v) is 4.55. The smallest absolute Gasteiger partial charge is 0.227 e. The normalized spacial score (nSPS) is 17.0. The molecule has 0 aliphatic carbocycles. The van der Waals surface area contributed by atoms with Gasteiger partial charge in [0.15, 0.2) is 0 Å². The fourth-order valence-corrected chi connectivity index (χ4v) is 3.18. The molecule has 26 heavy (non-hydrogen) atoms. The fraction of sp³-hybridized carbons (Fsp3) is 0.400. The molecule has 6 heteroatoms. The van der Waals surface area contributed by atoms with Crippen molar-refractivity contribution in [3.8, 4) is 5.75 Å². The third-order valence-electron chi connectivity index (χ3n) is 4.55. The van der Waals surface area contributed by atoms with Gasteiger partial charge in [0.2, 0.25) is 5.91 Å². The Morgan fingerprint density at radius 2 is 2.19 bits per heavy atom. The first-order chi connectivity index (χ1) is 12.6. The summed E-state index contributed by atoms with van der Waals surface area (Å²) in [5.74, 6) is 0.814. The summed E-state index contributed by atoms with van der Waals surface area (Å²) < 4.78 is 11.2. The van der Waals surface area contributed by atoms with Crippen molar-refractivity contribution in [3.63, 3.8) is 0 Å². The zero-order chi connectivity index (χ0) is 18.5. The number of nitrogens with zero attached hydrogens (tertiary/aromatic N) is 2. The molecule has 1 aliphatic rings. The fourth-order valence-electron chi connectivity index (χ4n) is 3.18. The molecule has 2 heterocycles. The number of nitrogens with one attached hydrogen (secondary N) is 1. The van der Waals surface area contributed by atoms with E-state index in [9.17, 15) is 4.79 Å². The maximum Gasteiger partial charge on any atom is 0.227 e. The number of hydrogen-bond donors (Lipinski definition) is 1. The standard InChI is InChI=1S/C20H25N3O3/c1-14-10-16(21-2)12-17(22-14)19-13-23(8-9-26-19)20(24)11-15-6-4-5-7-18(15)25-3/h4-7,10,12,19H,8-9,11,13H2,1-3H3,(H,21,22)/t19-/m0/s1. The molecule has 1 aromatic heterocycles. The van der Waals surface area contributed by atoms with Crippen molar-refractivity contribution in [1.29, 1.82) is 0 Å². The number of carbonyl (C=O) groups is 1. The number of benzene rings is 1. The Balaban J connectivity index is 1.72. The Hall–Kier alpha value is -2.60. The molecule has 3 rings (SSSR count). The number of para-hydroxylation sites is 1. The number of rotatable bonds is 5. The van der Waals surface area contributed by atoms with Crippen LogP contribution < -0.4 is 10.1 Å². The predicted octanol–water partition coefficient (Wildman–Crippen LogP) is 2.58. The van der Waals surface area contributed by atoms with E-state index in [4.69, 9.17) is 9.47 Å². The zero-order valence-electron chi connectivity index (χ0n) is 15.5. The van der Waals surface area contributed by atoms with Crippen molar-refractivity contribution in [2.24, 2.45) is 0 Å². The average Bonchev–Trinajstić information content (AvgIpc) is 2.68. The molecule has 0 bridgehead atoms. The van der Waals surface area contributed by atoms with E-state index < -0.39 is 0 Å². The number of ether oxygens (including phenoxy) is 2. The van der Waals surface area contributed by atoms with Crippen LogP contribution in [0.15, 0.2) is 36.4 Å². The number of anilines is 1. The van der Waals surface area contributed by atoms with E-state index in [-0.39, 0.29) is 12.0 Å². The van der Waals surface area contributed by atoms with Gasteiger partial charge in [0.1, 0.15) is 11.9 Å². The van der Waals surface area contributed by atoms with Gasteiger partial charge >= 0.3 is 0 Å². The molecule has 0 spiro atoms. The Morgan fingerprint density at radius 1 is 1.38 bits per heavy atom. The molecule has 1 fully saturated rings. The lowest BCUT2D eigenvalue weighted by atomic mass is 10.1. The van der Waals surface area contributed by atoms with E-state index in [0.29, 0.717) is 26.1 Å². The average molecular weight is 355 g/mol. The monoisotopic (exact) mass is 355 g/mol. The number of morpholine rings is 1. The highest BCUT2D eigenvalue weighted by molar-refractivity contribution is 5.79. The van der Waals surface area contributed by atoms with Gasteiger partial charge in [0, 0.05) is 30.5 Å². The molecule has 1 amide bonds. The van der Waals surface area contributed by atoms with Crippen molar-refractivity contribution >= 4 is 11.6 Å². The topological polar surface area (TPSA) is 63.7 Å². The summed E-state index contributed by atoms with van der Waals surface area (Å²) in [6, 6.07) is 11.6. The molecule has 1 aliphatic heterocycles. The first-order valence-corrected chi connectivity index (χ1v) is 8.78. The van der Waals surface area contributed by atoms with Gasteiger partial charge in [0.25, 0.3) is 0 Å². The van der Waals surface area contributed by atoms with Gasteiger partial charge in [-0.15, -0.1) is 0 Å². The maximum atomic E-state index is 12.8. The Labute approximate surface area is 154 Å². The second-order valence-electron chi connectivity index (χ2n) is 6.36. The number of methoxy groups -OCH3 is 1. The third kappa shape index (κ3) is 4.14. The van der Waals surface area contributed by atoms with Crippen LogP contribution >= 0.6 is 0 Å². The highest BCUT2D eigenvalue weighted by Crippen LogP contribution is 2.25. The Morgan fingerprint density at radius 3 is 2.96 bits per heavy atom. The second kappa shape index (κ2) is 8.19. The van der Waals surface area contributed by atoms with Crippen LogP contribution in [-0.4, -0.2) is 49.6 Å². The number of pyridine rings is 1. The predicted molar refractivity (Wildman–Crippen MR) is 100 cm³/mol. The van der Waals surface area contributed by atoms with Crippen molar-refractivity contribution in [1.82, 2.24) is 9.88 Å². The van der Waals surface area contributed by atoms with Crippen LogP contribution in [0.25, 0.3) is 0 Å². The van der Waals surface area contributed by atoms with Crippen molar-refractivity contribution < 1.29 is 14.3 Å². The number of aryl methyl sites for hydroxylation is 1. The second-order valence-corrected chi connectivity index (χ2v) is 6.36. The van der Waals surface area contributed by atoms with Crippen LogP contribution in [0.1, 0.15) is 23.1 Å². The lowest BCUT2D eigenvalue weighted by Crippen LogP contribution is -2.43. The molecular weight excluding hydrogens is 330 g/mol. The van der Waals surface area contributed by atoms with E-state index in [1.54, 1.807) is 7.11 Å². The van der Waals surface area contributed by atoms with Gasteiger partial charge in [-0.3, -0.25) is 9.78 Å². The van der Waals surface area contributed by atoms with Gasteiger partial charge in [-0.1, -0.05) is 18.2 Å². The zero-order valence-corrected chi connectivity index (χ0v) is 15.5. The van der Waals surface area contributed by atoms with Gasteiger partial charge in [-0.2, -0.15) is 0 Å². The summed E-state index contributed by atoms with van der Waals surface area (Å²) in [7, 11) is 3.50. The summed E-state index contributed by atoms with van der Waals surface area (Å²) in [5.41, 5.74) is 3.67. The van der Waals surface area contributed by atoms with Crippen molar-refractivity contribution in [2.45, 2.75) is 19.4 Å². The molecule has 0 saturated carbocycles. The highest BCUT2D eigenvalue weighted by atomic mass is 16.5. The van der Waals surface area contributed by atoms with Crippen LogP contribution in [0.2, 0.25) is 0 Å². The molecule has 1 aromatic carbocycles. The summed E-state index contributed by atoms with van der Waals surface area (Å²) in [6.45, 7) is 3.56. The van der Waals surface area contributed by atoms with Gasteiger partial charge in [-0.05, 0) is 25.1 Å².